The van der Waals surface area contributed by atoms with Gasteiger partial charge in [0.05, 0.1) is 17.0 Å². The summed E-state index contributed by atoms with van der Waals surface area (Å²) in [6.07, 6.45) is 0.00300. The number of carbonyl (C=O) groups is 2. The predicted molar refractivity (Wildman–Crippen MR) is 83.3 cm³/mol. The average Bonchev–Trinajstić information content (AvgIpc) is 2.49. The molecule has 0 saturated heterocycles. The number of halogens is 1. The van der Waals surface area contributed by atoms with Gasteiger partial charge in [0, 0.05) is 11.5 Å². The standard InChI is InChI=1S/C17H13ClO5/c1-8(19)10-3-5-14-16(17(10)22)11(7-15(21)23-14)9-2-4-13(20)12(18)6-9/h2-6,11,20,22H,7H2,1H3/t11-/m0/s1. The van der Waals surface area contributed by atoms with Gasteiger partial charge in [0.15, 0.2) is 5.78 Å². The lowest BCUT2D eigenvalue weighted by atomic mass is 9.84. The number of esters is 1. The van der Waals surface area contributed by atoms with E-state index in [-0.39, 0.29) is 40.0 Å². The van der Waals surface area contributed by atoms with Gasteiger partial charge in [0.25, 0.3) is 0 Å². The van der Waals surface area contributed by atoms with Crippen LogP contribution in [-0.4, -0.2) is 22.0 Å². The molecule has 118 valence electrons. The van der Waals surface area contributed by atoms with E-state index in [9.17, 15) is 19.8 Å². The van der Waals surface area contributed by atoms with Gasteiger partial charge in [-0.15, -0.1) is 0 Å². The number of aromatic hydroxyl groups is 2. The zero-order valence-electron chi connectivity index (χ0n) is 12.2. The van der Waals surface area contributed by atoms with E-state index in [0.29, 0.717) is 11.1 Å². The quantitative estimate of drug-likeness (QED) is 0.500. The van der Waals surface area contributed by atoms with E-state index in [1.807, 2.05) is 0 Å². The highest BCUT2D eigenvalue weighted by atomic mass is 35.5. The summed E-state index contributed by atoms with van der Waals surface area (Å²) in [5.41, 5.74) is 1.18. The predicted octanol–water partition coefficient (Wildman–Crippen LogP) is 3.39. The Hall–Kier alpha value is -2.53. The van der Waals surface area contributed by atoms with Crippen molar-refractivity contribution in [2.75, 3.05) is 0 Å². The van der Waals surface area contributed by atoms with E-state index in [1.165, 1.54) is 31.2 Å². The molecule has 0 spiro atoms. The van der Waals surface area contributed by atoms with E-state index >= 15 is 0 Å². The Balaban J connectivity index is 2.20. The molecule has 2 N–H and O–H groups in total. The lowest BCUT2D eigenvalue weighted by molar-refractivity contribution is -0.135. The monoisotopic (exact) mass is 332 g/mol. The number of ketones is 1. The van der Waals surface area contributed by atoms with Gasteiger partial charge in [-0.2, -0.15) is 0 Å². The van der Waals surface area contributed by atoms with Crippen molar-refractivity contribution in [2.24, 2.45) is 0 Å². The van der Waals surface area contributed by atoms with Crippen LogP contribution in [0.3, 0.4) is 0 Å². The smallest absolute Gasteiger partial charge is 0.312 e. The zero-order valence-corrected chi connectivity index (χ0v) is 12.9. The fourth-order valence-corrected chi connectivity index (χ4v) is 2.95. The number of benzene rings is 2. The molecule has 1 atom stereocenters. The molecular formula is C17H13ClO5. The van der Waals surface area contributed by atoms with Gasteiger partial charge in [-0.05, 0) is 36.8 Å². The van der Waals surface area contributed by atoms with E-state index in [0.717, 1.165) is 0 Å². The van der Waals surface area contributed by atoms with Gasteiger partial charge < -0.3 is 14.9 Å². The van der Waals surface area contributed by atoms with Gasteiger partial charge in [0.2, 0.25) is 0 Å². The maximum Gasteiger partial charge on any atom is 0.312 e. The molecule has 0 aromatic heterocycles. The lowest BCUT2D eigenvalue weighted by Gasteiger charge is -2.26. The molecule has 0 aliphatic carbocycles. The van der Waals surface area contributed by atoms with E-state index in [2.05, 4.69) is 0 Å². The molecule has 3 rings (SSSR count). The van der Waals surface area contributed by atoms with Crippen LogP contribution in [0.1, 0.15) is 40.7 Å². The molecule has 6 heteroatoms. The summed E-state index contributed by atoms with van der Waals surface area (Å²) in [7, 11) is 0. The Morgan fingerprint density at radius 3 is 2.65 bits per heavy atom. The minimum atomic E-state index is -0.511. The molecule has 0 unspecified atom stereocenters. The number of hydrogen-bond acceptors (Lipinski definition) is 5. The van der Waals surface area contributed by atoms with Crippen LogP contribution in [0.25, 0.3) is 0 Å². The first-order chi connectivity index (χ1) is 10.9. The molecule has 0 amide bonds. The highest BCUT2D eigenvalue weighted by molar-refractivity contribution is 6.32. The van der Waals surface area contributed by atoms with Crippen molar-refractivity contribution >= 4 is 23.4 Å². The molecule has 0 bridgehead atoms. The number of hydrogen-bond donors (Lipinski definition) is 2. The molecule has 2 aromatic carbocycles. The Morgan fingerprint density at radius 1 is 1.26 bits per heavy atom. The van der Waals surface area contributed by atoms with Crippen molar-refractivity contribution in [3.8, 4) is 17.2 Å². The number of fused-ring (bicyclic) bond motifs is 1. The molecule has 1 aliphatic heterocycles. The molecule has 1 heterocycles. The maximum absolute atomic E-state index is 11.8. The maximum atomic E-state index is 11.8. The minimum absolute atomic E-state index is 0.00300. The van der Waals surface area contributed by atoms with Gasteiger partial charge in [0.1, 0.15) is 17.2 Å². The van der Waals surface area contributed by atoms with Crippen LogP contribution < -0.4 is 4.74 Å². The van der Waals surface area contributed by atoms with Crippen molar-refractivity contribution in [1.82, 2.24) is 0 Å². The lowest BCUT2D eigenvalue weighted by Crippen LogP contribution is -2.21. The van der Waals surface area contributed by atoms with Crippen LogP contribution in [0, 0.1) is 0 Å². The van der Waals surface area contributed by atoms with Crippen molar-refractivity contribution in [3.63, 3.8) is 0 Å². The number of rotatable bonds is 2. The SMILES string of the molecule is CC(=O)c1ccc2c(c1O)[C@H](c1ccc(O)c(Cl)c1)CC(=O)O2. The Bertz CT molecular complexity index is 828. The molecular weight excluding hydrogens is 320 g/mol. The number of Topliss-reactive ketones (excluding diaryl/α,β-unsaturated/α-hetero) is 1. The molecule has 1 aliphatic rings. The number of phenols is 2. The third-order valence-corrected chi connectivity index (χ3v) is 4.18. The van der Waals surface area contributed by atoms with Crippen LogP contribution >= 0.6 is 11.6 Å². The van der Waals surface area contributed by atoms with Crippen LogP contribution in [-0.2, 0) is 4.79 Å². The third kappa shape index (κ3) is 2.64. The fourth-order valence-electron chi connectivity index (χ4n) is 2.76. The summed E-state index contributed by atoms with van der Waals surface area (Å²) in [6, 6.07) is 7.49. The number of carbonyl (C=O) groups excluding carboxylic acids is 2. The van der Waals surface area contributed by atoms with Crippen molar-refractivity contribution in [2.45, 2.75) is 19.3 Å². The van der Waals surface area contributed by atoms with Crippen LogP contribution in [0.4, 0.5) is 0 Å². The first kappa shape index (κ1) is 15.4. The van der Waals surface area contributed by atoms with Crippen LogP contribution in [0.2, 0.25) is 5.02 Å². The van der Waals surface area contributed by atoms with Crippen LogP contribution in [0.5, 0.6) is 17.2 Å². The number of ether oxygens (including phenoxy) is 1. The van der Waals surface area contributed by atoms with Crippen molar-refractivity contribution < 1.29 is 24.5 Å². The molecule has 0 radical (unpaired) electrons. The average molecular weight is 333 g/mol. The second-order valence-corrected chi connectivity index (χ2v) is 5.78. The highest BCUT2D eigenvalue weighted by Gasteiger charge is 2.33. The third-order valence-electron chi connectivity index (χ3n) is 3.87. The van der Waals surface area contributed by atoms with E-state index in [4.69, 9.17) is 16.3 Å². The molecule has 5 nitrogen and oxygen atoms in total. The summed E-state index contributed by atoms with van der Waals surface area (Å²) in [4.78, 5) is 23.5. The Kier molecular flexibility index (Phi) is 3.74. The topological polar surface area (TPSA) is 83.8 Å². The Morgan fingerprint density at radius 2 is 2.00 bits per heavy atom. The summed E-state index contributed by atoms with van der Waals surface area (Å²) in [5.74, 6) is -1.29. The zero-order chi connectivity index (χ0) is 16.7. The van der Waals surface area contributed by atoms with Gasteiger partial charge in [-0.3, -0.25) is 9.59 Å². The molecule has 23 heavy (non-hydrogen) atoms. The first-order valence-corrected chi connectivity index (χ1v) is 7.32. The Labute approximate surface area is 137 Å². The molecule has 2 aromatic rings. The summed E-state index contributed by atoms with van der Waals surface area (Å²) in [5, 5.41) is 20.1. The highest BCUT2D eigenvalue weighted by Crippen LogP contribution is 2.46. The molecule has 0 fully saturated rings. The van der Waals surface area contributed by atoms with Gasteiger partial charge >= 0.3 is 5.97 Å². The van der Waals surface area contributed by atoms with Crippen molar-refractivity contribution in [3.05, 3.63) is 52.0 Å². The second-order valence-electron chi connectivity index (χ2n) is 5.37. The fraction of sp³-hybridized carbons (Fsp3) is 0.176. The van der Waals surface area contributed by atoms with Crippen molar-refractivity contribution in [1.29, 1.82) is 0 Å². The molecule has 0 saturated carbocycles. The van der Waals surface area contributed by atoms with Gasteiger partial charge in [-0.25, -0.2) is 0 Å². The summed E-state index contributed by atoms with van der Waals surface area (Å²) in [6.45, 7) is 1.35. The largest absolute Gasteiger partial charge is 0.507 e. The van der Waals surface area contributed by atoms with Gasteiger partial charge in [-0.1, -0.05) is 17.7 Å². The minimum Gasteiger partial charge on any atom is -0.507 e. The van der Waals surface area contributed by atoms with E-state index < -0.39 is 11.9 Å². The summed E-state index contributed by atoms with van der Waals surface area (Å²) < 4.78 is 5.16. The first-order valence-electron chi connectivity index (χ1n) is 6.94. The van der Waals surface area contributed by atoms with Crippen LogP contribution in [0.15, 0.2) is 30.3 Å². The normalized spacial score (nSPS) is 16.6. The summed E-state index contributed by atoms with van der Waals surface area (Å²) >= 11 is 5.94. The number of phenolic OH excluding ortho intramolecular Hbond substituents is 2. The second kappa shape index (κ2) is 5.59. The van der Waals surface area contributed by atoms with E-state index in [1.54, 1.807) is 6.07 Å².